The van der Waals surface area contributed by atoms with E-state index in [0.717, 1.165) is 33.2 Å². The van der Waals surface area contributed by atoms with E-state index in [1.54, 1.807) is 31.4 Å². The Morgan fingerprint density at radius 2 is 1.57 bits per heavy atom. The summed E-state index contributed by atoms with van der Waals surface area (Å²) in [4.78, 5) is 57.0. The van der Waals surface area contributed by atoms with E-state index in [4.69, 9.17) is 4.74 Å². The molecule has 3 amide bonds. The third-order valence-corrected chi connectivity index (χ3v) is 11.5. The van der Waals surface area contributed by atoms with Gasteiger partial charge in [0.05, 0.1) is 23.7 Å². The number of thiazole rings is 1. The van der Waals surface area contributed by atoms with Crippen LogP contribution in [0.5, 0.6) is 5.75 Å². The summed E-state index contributed by atoms with van der Waals surface area (Å²) in [5.74, 6) is -1.66. The Balaban J connectivity index is 1.28. The molecule has 4 aromatic carbocycles. The lowest BCUT2D eigenvalue weighted by atomic mass is 9.81. The minimum atomic E-state index is -0.772. The van der Waals surface area contributed by atoms with E-state index in [2.05, 4.69) is 26.1 Å². The maximum Gasteiger partial charge on any atom is 0.308 e. The number of nitrogens with one attached hydrogen (secondary N) is 1. The van der Waals surface area contributed by atoms with Crippen LogP contribution in [0.15, 0.2) is 101 Å². The fourth-order valence-electron chi connectivity index (χ4n) is 6.46. The number of aromatic nitrogens is 1. The van der Waals surface area contributed by atoms with Crippen molar-refractivity contribution in [1.82, 2.24) is 4.57 Å². The second-order valence-corrected chi connectivity index (χ2v) is 14.9. The molecule has 1 aromatic heterocycles. The highest BCUT2D eigenvalue weighted by Gasteiger charge is 2.56. The summed E-state index contributed by atoms with van der Waals surface area (Å²) in [6, 6.07) is 28.4. The Hall–Kier alpha value is -4.67. The van der Waals surface area contributed by atoms with Gasteiger partial charge >= 0.3 is 4.87 Å². The number of imide groups is 1. The van der Waals surface area contributed by atoms with Crippen molar-refractivity contribution < 1.29 is 19.1 Å². The molecule has 2 aliphatic rings. The lowest BCUT2D eigenvalue weighted by Crippen LogP contribution is -2.33. The van der Waals surface area contributed by atoms with Gasteiger partial charge in [0, 0.05) is 21.9 Å². The van der Waals surface area contributed by atoms with Gasteiger partial charge in [0.25, 0.3) is 0 Å². The zero-order valence-electron chi connectivity index (χ0n) is 26.4. The second kappa shape index (κ2) is 11.8. The smallest absolute Gasteiger partial charge is 0.308 e. The van der Waals surface area contributed by atoms with Crippen LogP contribution in [-0.2, 0) is 26.3 Å². The highest BCUT2D eigenvalue weighted by molar-refractivity contribution is 8.00. The van der Waals surface area contributed by atoms with Gasteiger partial charge in [0.2, 0.25) is 17.7 Å². The van der Waals surface area contributed by atoms with Crippen LogP contribution in [0, 0.1) is 5.92 Å². The van der Waals surface area contributed by atoms with Crippen LogP contribution < -0.4 is 19.8 Å². The monoisotopic (exact) mass is 663 g/mol. The SMILES string of the molecule is COc1ccc(N2C(=O)C3Sc4c(sc(=O)n4CC(=O)Nc4cccc5ccccc45)[C@H](c4ccc(C(C)(C)C)cc4)C3C2=O)cc1. The number of hydrogen-bond donors (Lipinski definition) is 1. The molecular weight excluding hydrogens is 631 g/mol. The molecule has 3 atom stereocenters. The maximum absolute atomic E-state index is 14.2. The van der Waals surface area contributed by atoms with Crippen LogP contribution in [-0.4, -0.2) is 34.6 Å². The molecule has 8 nitrogen and oxygen atoms in total. The van der Waals surface area contributed by atoms with Crippen LogP contribution in [0.4, 0.5) is 11.4 Å². The van der Waals surface area contributed by atoms with E-state index in [-0.39, 0.29) is 34.6 Å². The average Bonchev–Trinajstić information content (AvgIpc) is 3.50. The number of thioether (sulfide) groups is 1. The largest absolute Gasteiger partial charge is 0.497 e. The summed E-state index contributed by atoms with van der Waals surface area (Å²) in [6.45, 7) is 6.18. The van der Waals surface area contributed by atoms with Crippen molar-refractivity contribution in [3.05, 3.63) is 117 Å². The minimum absolute atomic E-state index is 0.0788. The first kappa shape index (κ1) is 31.0. The van der Waals surface area contributed by atoms with Gasteiger partial charge in [-0.15, -0.1) is 0 Å². The number of carbonyl (C=O) groups is 3. The molecular formula is C37H33N3O5S2. The molecule has 1 saturated heterocycles. The van der Waals surface area contributed by atoms with Crippen molar-refractivity contribution in [2.75, 3.05) is 17.3 Å². The van der Waals surface area contributed by atoms with Gasteiger partial charge in [0.15, 0.2) is 0 Å². The number of rotatable bonds is 6. The van der Waals surface area contributed by atoms with Gasteiger partial charge in [-0.05, 0) is 52.3 Å². The highest BCUT2D eigenvalue weighted by Crippen LogP contribution is 2.54. The van der Waals surface area contributed by atoms with Crippen LogP contribution in [0.3, 0.4) is 0 Å². The molecule has 238 valence electrons. The van der Waals surface area contributed by atoms with Crippen LogP contribution in [0.25, 0.3) is 10.8 Å². The minimum Gasteiger partial charge on any atom is -0.497 e. The maximum atomic E-state index is 14.2. The van der Waals surface area contributed by atoms with Crippen molar-refractivity contribution in [1.29, 1.82) is 0 Å². The predicted octanol–water partition coefficient (Wildman–Crippen LogP) is 6.80. The summed E-state index contributed by atoms with van der Waals surface area (Å²) in [6.07, 6.45) is 0. The molecule has 7 rings (SSSR count). The summed E-state index contributed by atoms with van der Waals surface area (Å²) in [5.41, 5.74) is 3.02. The Kier molecular flexibility index (Phi) is 7.80. The molecule has 0 aliphatic carbocycles. The van der Waals surface area contributed by atoms with Gasteiger partial charge in [-0.3, -0.25) is 23.7 Å². The molecule has 0 bridgehead atoms. The summed E-state index contributed by atoms with van der Waals surface area (Å²) >= 11 is 2.25. The standard InChI is InChI=1S/C37H33N3O5S2/c1-37(2,3)23-14-12-22(13-15-23)29-30-31(34(43)40(33(30)42)24-16-18-25(45-4)19-17-24)46-35-32(29)47-36(44)39(35)20-28(41)38-27-11-7-9-21-8-5-6-10-26(21)27/h5-19,29-31H,20H2,1-4H3,(H,38,41)/t29-,30?,31?/m1/s1. The number of hydrogen-bond acceptors (Lipinski definition) is 7. The number of amides is 3. The topological polar surface area (TPSA) is 97.7 Å². The van der Waals surface area contributed by atoms with Gasteiger partial charge in [0.1, 0.15) is 17.5 Å². The van der Waals surface area contributed by atoms with Crippen molar-refractivity contribution in [2.24, 2.45) is 5.92 Å². The lowest BCUT2D eigenvalue weighted by molar-refractivity contribution is -0.122. The van der Waals surface area contributed by atoms with Gasteiger partial charge < -0.3 is 10.1 Å². The van der Waals surface area contributed by atoms with Crippen LogP contribution >= 0.6 is 23.1 Å². The number of anilines is 2. The number of ether oxygens (including phenoxy) is 1. The molecule has 1 N–H and O–H groups in total. The molecule has 2 unspecified atom stereocenters. The van der Waals surface area contributed by atoms with E-state index in [0.29, 0.717) is 27.0 Å². The molecule has 1 fully saturated rings. The van der Waals surface area contributed by atoms with E-state index in [9.17, 15) is 19.2 Å². The Labute approximate surface area is 280 Å². The van der Waals surface area contributed by atoms with Gasteiger partial charge in [-0.25, -0.2) is 4.90 Å². The molecule has 47 heavy (non-hydrogen) atoms. The van der Waals surface area contributed by atoms with Gasteiger partial charge in [-0.2, -0.15) is 0 Å². The second-order valence-electron chi connectivity index (χ2n) is 12.8. The molecule has 3 heterocycles. The lowest BCUT2D eigenvalue weighted by Gasteiger charge is -2.31. The Bertz CT molecular complexity index is 2090. The van der Waals surface area contributed by atoms with E-state index < -0.39 is 17.1 Å². The summed E-state index contributed by atoms with van der Waals surface area (Å²) < 4.78 is 6.73. The van der Waals surface area contributed by atoms with Crippen molar-refractivity contribution in [3.8, 4) is 5.75 Å². The number of carbonyl (C=O) groups excluding carboxylic acids is 3. The molecule has 0 radical (unpaired) electrons. The van der Waals surface area contributed by atoms with Crippen molar-refractivity contribution >= 4 is 63.0 Å². The number of fused-ring (bicyclic) bond motifs is 3. The summed E-state index contributed by atoms with van der Waals surface area (Å²) in [7, 11) is 1.56. The fraction of sp³-hybridized carbons (Fsp3) is 0.243. The first-order valence-corrected chi connectivity index (χ1v) is 17.0. The zero-order valence-corrected chi connectivity index (χ0v) is 28.0. The van der Waals surface area contributed by atoms with E-state index in [1.807, 2.05) is 66.7 Å². The molecule has 2 aliphatic heterocycles. The Morgan fingerprint density at radius 3 is 2.28 bits per heavy atom. The van der Waals surface area contributed by atoms with Crippen molar-refractivity contribution in [3.63, 3.8) is 0 Å². The first-order chi connectivity index (χ1) is 22.5. The number of methoxy groups -OCH3 is 1. The predicted molar refractivity (Wildman–Crippen MR) is 187 cm³/mol. The highest BCUT2D eigenvalue weighted by atomic mass is 32.2. The van der Waals surface area contributed by atoms with Crippen LogP contribution in [0.2, 0.25) is 0 Å². The summed E-state index contributed by atoms with van der Waals surface area (Å²) in [5, 5.41) is 4.64. The molecule has 0 spiro atoms. The zero-order chi connectivity index (χ0) is 33.0. The average molecular weight is 664 g/mol. The Morgan fingerprint density at radius 1 is 0.872 bits per heavy atom. The quantitative estimate of drug-likeness (QED) is 0.201. The van der Waals surface area contributed by atoms with Crippen molar-refractivity contribution in [2.45, 2.75) is 48.9 Å². The first-order valence-electron chi connectivity index (χ1n) is 15.4. The number of benzene rings is 4. The number of nitrogens with zero attached hydrogens (tertiary/aromatic N) is 2. The van der Waals surface area contributed by atoms with Gasteiger partial charge in [-0.1, -0.05) is 105 Å². The third kappa shape index (κ3) is 5.45. The normalized spacial score (nSPS) is 19.1. The molecule has 0 saturated carbocycles. The molecule has 5 aromatic rings. The third-order valence-electron chi connectivity index (χ3n) is 8.88. The van der Waals surface area contributed by atoms with E-state index in [1.165, 1.54) is 21.2 Å². The van der Waals surface area contributed by atoms with E-state index >= 15 is 0 Å². The molecule has 10 heteroatoms. The van der Waals surface area contributed by atoms with Crippen LogP contribution in [0.1, 0.15) is 42.7 Å². The fourth-order valence-corrected chi connectivity index (χ4v) is 9.23.